The summed E-state index contributed by atoms with van der Waals surface area (Å²) in [5.41, 5.74) is 0. The summed E-state index contributed by atoms with van der Waals surface area (Å²) in [6.45, 7) is 6.35. The molecule has 0 amide bonds. The Labute approximate surface area is 74.9 Å². The fourth-order valence-electron chi connectivity index (χ4n) is 1.65. The first kappa shape index (κ1) is 9.96. The molecule has 1 rings (SSSR count). The molecule has 0 aromatic carbocycles. The van der Waals surface area contributed by atoms with E-state index in [0.717, 1.165) is 25.6 Å². The van der Waals surface area contributed by atoms with Crippen molar-refractivity contribution in [2.24, 2.45) is 5.92 Å². The Morgan fingerprint density at radius 1 is 1.58 bits per heavy atom. The van der Waals surface area contributed by atoms with E-state index in [1.807, 2.05) is 0 Å². The van der Waals surface area contributed by atoms with E-state index in [1.54, 1.807) is 7.11 Å². The molecule has 2 unspecified atom stereocenters. The highest BCUT2D eigenvalue weighted by Gasteiger charge is 2.21. The third kappa shape index (κ3) is 3.09. The Bertz CT molecular complexity index is 119. The van der Waals surface area contributed by atoms with Crippen molar-refractivity contribution in [2.75, 3.05) is 33.4 Å². The van der Waals surface area contributed by atoms with Gasteiger partial charge in [0.2, 0.25) is 0 Å². The molecule has 3 nitrogen and oxygen atoms in total. The van der Waals surface area contributed by atoms with Gasteiger partial charge in [0.1, 0.15) is 0 Å². The largest absolute Gasteiger partial charge is 0.383 e. The molecular weight excluding hydrogens is 152 g/mol. The van der Waals surface area contributed by atoms with Crippen LogP contribution in [0.25, 0.3) is 0 Å². The van der Waals surface area contributed by atoms with Crippen molar-refractivity contribution >= 4 is 0 Å². The predicted molar refractivity (Wildman–Crippen MR) is 50.3 cm³/mol. The van der Waals surface area contributed by atoms with Gasteiger partial charge in [-0.25, -0.2) is 0 Å². The molecule has 3 heteroatoms. The Morgan fingerprint density at radius 2 is 2.42 bits per heavy atom. The maximum absolute atomic E-state index is 4.96. The van der Waals surface area contributed by atoms with Gasteiger partial charge in [-0.3, -0.25) is 0 Å². The van der Waals surface area contributed by atoms with E-state index in [1.165, 1.54) is 13.0 Å². The Morgan fingerprint density at radius 3 is 3.00 bits per heavy atom. The van der Waals surface area contributed by atoms with E-state index < -0.39 is 0 Å². The molecule has 1 heterocycles. The number of nitrogens with one attached hydrogen (secondary N) is 2. The topological polar surface area (TPSA) is 33.3 Å². The van der Waals surface area contributed by atoms with Crippen LogP contribution in [0.3, 0.4) is 0 Å². The van der Waals surface area contributed by atoms with E-state index in [2.05, 4.69) is 17.6 Å². The van der Waals surface area contributed by atoms with Crippen LogP contribution in [0.15, 0.2) is 0 Å². The van der Waals surface area contributed by atoms with Crippen LogP contribution in [0.4, 0.5) is 0 Å². The van der Waals surface area contributed by atoms with Gasteiger partial charge in [0.05, 0.1) is 6.61 Å². The molecular formula is C9H20N2O. The first-order valence-electron chi connectivity index (χ1n) is 4.77. The van der Waals surface area contributed by atoms with E-state index in [9.17, 15) is 0 Å². The van der Waals surface area contributed by atoms with E-state index in [0.29, 0.717) is 6.04 Å². The second-order valence-electron chi connectivity index (χ2n) is 3.49. The number of hydrogen-bond acceptors (Lipinski definition) is 3. The molecule has 2 atom stereocenters. The quantitative estimate of drug-likeness (QED) is 0.582. The molecule has 72 valence electrons. The number of hydrogen-bond donors (Lipinski definition) is 2. The van der Waals surface area contributed by atoms with Gasteiger partial charge in [-0.1, -0.05) is 0 Å². The Hall–Kier alpha value is -0.120. The fourth-order valence-corrected chi connectivity index (χ4v) is 1.65. The van der Waals surface area contributed by atoms with Crippen LogP contribution in [0.5, 0.6) is 0 Å². The zero-order valence-electron chi connectivity index (χ0n) is 8.10. The lowest BCUT2D eigenvalue weighted by Gasteiger charge is -2.15. The summed E-state index contributed by atoms with van der Waals surface area (Å²) in [6, 6.07) is 0.681. The summed E-state index contributed by atoms with van der Waals surface area (Å²) < 4.78 is 4.96. The van der Waals surface area contributed by atoms with E-state index >= 15 is 0 Å². The molecule has 0 aromatic heterocycles. The van der Waals surface area contributed by atoms with E-state index in [-0.39, 0.29) is 0 Å². The lowest BCUT2D eigenvalue weighted by molar-refractivity contribution is 0.197. The normalized spacial score (nSPS) is 29.5. The number of methoxy groups -OCH3 is 1. The van der Waals surface area contributed by atoms with Crippen LogP contribution < -0.4 is 10.6 Å². The van der Waals surface area contributed by atoms with Crippen LogP contribution in [0.1, 0.15) is 13.3 Å². The Balaban J connectivity index is 1.98. The second-order valence-corrected chi connectivity index (χ2v) is 3.49. The van der Waals surface area contributed by atoms with Gasteiger partial charge in [0.25, 0.3) is 0 Å². The molecule has 0 radical (unpaired) electrons. The third-order valence-electron chi connectivity index (χ3n) is 2.58. The molecule has 0 aromatic rings. The smallest absolute Gasteiger partial charge is 0.0587 e. The first-order valence-corrected chi connectivity index (χ1v) is 4.77. The average Bonchev–Trinajstić information content (AvgIpc) is 2.46. The zero-order chi connectivity index (χ0) is 8.81. The van der Waals surface area contributed by atoms with Gasteiger partial charge >= 0.3 is 0 Å². The lowest BCUT2D eigenvalue weighted by Crippen LogP contribution is -2.32. The molecule has 1 fully saturated rings. The van der Waals surface area contributed by atoms with Gasteiger partial charge in [-0.05, 0) is 32.4 Å². The van der Waals surface area contributed by atoms with Crippen LogP contribution in [0.2, 0.25) is 0 Å². The van der Waals surface area contributed by atoms with Crippen molar-refractivity contribution in [3.63, 3.8) is 0 Å². The van der Waals surface area contributed by atoms with Gasteiger partial charge in [-0.15, -0.1) is 0 Å². The summed E-state index contributed by atoms with van der Waals surface area (Å²) in [5, 5.41) is 6.83. The van der Waals surface area contributed by atoms with Crippen molar-refractivity contribution in [2.45, 2.75) is 19.4 Å². The van der Waals surface area contributed by atoms with Gasteiger partial charge in [0, 0.05) is 19.7 Å². The summed E-state index contributed by atoms with van der Waals surface area (Å²) in [7, 11) is 1.74. The first-order chi connectivity index (χ1) is 5.84. The molecule has 12 heavy (non-hydrogen) atoms. The molecule has 0 aliphatic carbocycles. The molecule has 2 N–H and O–H groups in total. The fraction of sp³-hybridized carbons (Fsp3) is 1.00. The van der Waals surface area contributed by atoms with Gasteiger partial charge in [0.15, 0.2) is 0 Å². The molecule has 0 bridgehead atoms. The van der Waals surface area contributed by atoms with Crippen LogP contribution >= 0.6 is 0 Å². The summed E-state index contributed by atoms with van der Waals surface area (Å²) in [4.78, 5) is 0. The van der Waals surface area contributed by atoms with Gasteiger partial charge < -0.3 is 15.4 Å². The minimum atomic E-state index is 0.681. The van der Waals surface area contributed by atoms with Crippen molar-refractivity contribution in [1.82, 2.24) is 10.6 Å². The van der Waals surface area contributed by atoms with Crippen LogP contribution in [-0.2, 0) is 4.74 Å². The van der Waals surface area contributed by atoms with Crippen molar-refractivity contribution in [1.29, 1.82) is 0 Å². The molecule has 1 aliphatic heterocycles. The minimum absolute atomic E-state index is 0.681. The monoisotopic (exact) mass is 172 g/mol. The van der Waals surface area contributed by atoms with Gasteiger partial charge in [-0.2, -0.15) is 0 Å². The van der Waals surface area contributed by atoms with Crippen LogP contribution in [0, 0.1) is 5.92 Å². The highest BCUT2D eigenvalue weighted by molar-refractivity contribution is 4.81. The standard InChI is InChI=1S/C9H20N2O/c1-8-9(3-4-11-8)7-10-5-6-12-2/h8-11H,3-7H2,1-2H3. The van der Waals surface area contributed by atoms with Crippen molar-refractivity contribution in [3.8, 4) is 0 Å². The molecule has 0 spiro atoms. The number of ether oxygens (including phenoxy) is 1. The van der Waals surface area contributed by atoms with E-state index in [4.69, 9.17) is 4.74 Å². The maximum Gasteiger partial charge on any atom is 0.0587 e. The predicted octanol–water partition coefficient (Wildman–Crippen LogP) is 0.220. The lowest BCUT2D eigenvalue weighted by atomic mass is 10.0. The zero-order valence-corrected chi connectivity index (χ0v) is 8.10. The van der Waals surface area contributed by atoms with Crippen molar-refractivity contribution < 1.29 is 4.74 Å². The number of rotatable bonds is 5. The molecule has 1 saturated heterocycles. The van der Waals surface area contributed by atoms with Crippen LogP contribution in [-0.4, -0.2) is 39.4 Å². The Kier molecular flexibility index (Phi) is 4.58. The maximum atomic E-state index is 4.96. The second kappa shape index (κ2) is 5.51. The highest BCUT2D eigenvalue weighted by Crippen LogP contribution is 2.13. The summed E-state index contributed by atoms with van der Waals surface area (Å²) in [6.07, 6.45) is 1.31. The summed E-state index contributed by atoms with van der Waals surface area (Å²) >= 11 is 0. The van der Waals surface area contributed by atoms with Crippen molar-refractivity contribution in [3.05, 3.63) is 0 Å². The molecule has 0 saturated carbocycles. The SMILES string of the molecule is COCCNCC1CCNC1C. The highest BCUT2D eigenvalue weighted by atomic mass is 16.5. The molecule has 1 aliphatic rings. The minimum Gasteiger partial charge on any atom is -0.383 e. The third-order valence-corrected chi connectivity index (χ3v) is 2.58. The summed E-state index contributed by atoms with van der Waals surface area (Å²) in [5.74, 6) is 0.807. The average molecular weight is 172 g/mol.